The molecular formula is C27H27N7O3. The zero-order chi connectivity index (χ0) is 25.4. The molecule has 4 heterocycles. The summed E-state index contributed by atoms with van der Waals surface area (Å²) in [6.45, 7) is 1.38. The Morgan fingerprint density at radius 2 is 1.89 bits per heavy atom. The van der Waals surface area contributed by atoms with Crippen LogP contribution in [-0.4, -0.2) is 52.3 Å². The standard InChI is InChI=1S/C27H27N7O3/c35-23(15-30-25(36)17-6-10-34(11-7-17)22-5-9-28-16-31-22)32-20-4-3-18-13-27(14-19(18)12-20)21-2-1-8-29-24(21)33-26(27)37/h1-5,8-9,12,16-17H,6-7,10-11,13-15H2,(H,30,36)(H,32,35)(H,29,33,37). The van der Waals surface area contributed by atoms with Gasteiger partial charge in [-0.15, -0.1) is 0 Å². The second-order valence-corrected chi connectivity index (χ2v) is 9.87. The maximum absolute atomic E-state index is 12.9. The second-order valence-electron chi connectivity index (χ2n) is 9.87. The molecule has 10 heteroatoms. The molecule has 188 valence electrons. The van der Waals surface area contributed by atoms with Crippen molar-refractivity contribution in [2.24, 2.45) is 5.92 Å². The zero-order valence-corrected chi connectivity index (χ0v) is 20.2. The number of carbonyl (C=O) groups is 3. The van der Waals surface area contributed by atoms with Gasteiger partial charge in [-0.25, -0.2) is 15.0 Å². The predicted molar refractivity (Wildman–Crippen MR) is 137 cm³/mol. The number of anilines is 3. The van der Waals surface area contributed by atoms with Gasteiger partial charge in [-0.2, -0.15) is 0 Å². The van der Waals surface area contributed by atoms with Gasteiger partial charge in [-0.05, 0) is 61.1 Å². The lowest BCUT2D eigenvalue weighted by Crippen LogP contribution is -2.42. The Hall–Kier alpha value is -4.34. The number of amides is 3. The van der Waals surface area contributed by atoms with Crippen molar-refractivity contribution in [3.63, 3.8) is 0 Å². The summed E-state index contributed by atoms with van der Waals surface area (Å²) in [4.78, 5) is 52.8. The first-order chi connectivity index (χ1) is 18.0. The van der Waals surface area contributed by atoms with E-state index in [1.165, 1.54) is 6.33 Å². The van der Waals surface area contributed by atoms with Crippen LogP contribution < -0.4 is 20.9 Å². The maximum atomic E-state index is 12.9. The molecule has 1 saturated heterocycles. The van der Waals surface area contributed by atoms with E-state index in [4.69, 9.17) is 0 Å². The van der Waals surface area contributed by atoms with Crippen molar-refractivity contribution >= 4 is 35.0 Å². The molecule has 2 aromatic heterocycles. The van der Waals surface area contributed by atoms with E-state index in [2.05, 4.69) is 35.8 Å². The highest BCUT2D eigenvalue weighted by atomic mass is 16.2. The van der Waals surface area contributed by atoms with Gasteiger partial charge in [0, 0.05) is 42.7 Å². The maximum Gasteiger partial charge on any atom is 0.243 e. The fourth-order valence-corrected chi connectivity index (χ4v) is 5.70. The van der Waals surface area contributed by atoms with E-state index in [0.29, 0.717) is 37.2 Å². The summed E-state index contributed by atoms with van der Waals surface area (Å²) < 4.78 is 0. The third kappa shape index (κ3) is 4.28. The van der Waals surface area contributed by atoms with E-state index in [9.17, 15) is 14.4 Å². The summed E-state index contributed by atoms with van der Waals surface area (Å²) in [6, 6.07) is 11.4. The van der Waals surface area contributed by atoms with Crippen LogP contribution in [0.4, 0.5) is 17.3 Å². The number of piperidine rings is 1. The Labute approximate surface area is 213 Å². The monoisotopic (exact) mass is 497 g/mol. The lowest BCUT2D eigenvalue weighted by atomic mass is 9.79. The van der Waals surface area contributed by atoms with Gasteiger partial charge in [0.2, 0.25) is 17.7 Å². The second kappa shape index (κ2) is 9.27. The summed E-state index contributed by atoms with van der Waals surface area (Å²) in [5, 5.41) is 8.57. The highest BCUT2D eigenvalue weighted by Gasteiger charge is 2.51. The van der Waals surface area contributed by atoms with E-state index in [1.807, 2.05) is 36.4 Å². The van der Waals surface area contributed by atoms with E-state index in [1.54, 1.807) is 12.4 Å². The van der Waals surface area contributed by atoms with Crippen LogP contribution in [0.25, 0.3) is 0 Å². The smallest absolute Gasteiger partial charge is 0.243 e. The molecule has 3 amide bonds. The third-order valence-corrected chi connectivity index (χ3v) is 7.64. The molecule has 0 bridgehead atoms. The molecular weight excluding hydrogens is 470 g/mol. The molecule has 1 aromatic carbocycles. The molecule has 3 aliphatic rings. The molecule has 10 nitrogen and oxygen atoms in total. The van der Waals surface area contributed by atoms with E-state index < -0.39 is 5.41 Å². The quantitative estimate of drug-likeness (QED) is 0.490. The number of hydrogen-bond donors (Lipinski definition) is 3. The molecule has 1 spiro atoms. The molecule has 1 fully saturated rings. The number of fused-ring (bicyclic) bond motifs is 3. The van der Waals surface area contributed by atoms with Gasteiger partial charge in [-0.1, -0.05) is 12.1 Å². The molecule has 3 N–H and O–H groups in total. The van der Waals surface area contributed by atoms with Gasteiger partial charge in [-0.3, -0.25) is 14.4 Å². The fourth-order valence-electron chi connectivity index (χ4n) is 5.70. The number of pyridine rings is 1. The molecule has 3 aromatic rings. The summed E-state index contributed by atoms with van der Waals surface area (Å²) in [7, 11) is 0. The largest absolute Gasteiger partial charge is 0.356 e. The molecule has 0 radical (unpaired) electrons. The molecule has 1 unspecified atom stereocenters. The van der Waals surface area contributed by atoms with Crippen molar-refractivity contribution in [3.8, 4) is 0 Å². The predicted octanol–water partition coefficient (Wildman–Crippen LogP) is 1.83. The Kier molecular flexibility index (Phi) is 5.78. The lowest BCUT2D eigenvalue weighted by molar-refractivity contribution is -0.127. The van der Waals surface area contributed by atoms with Crippen molar-refractivity contribution in [2.45, 2.75) is 31.1 Å². The van der Waals surface area contributed by atoms with Crippen LogP contribution in [0.15, 0.2) is 55.1 Å². The van der Waals surface area contributed by atoms with Crippen LogP contribution in [0, 0.1) is 5.92 Å². The number of nitrogens with one attached hydrogen (secondary N) is 3. The van der Waals surface area contributed by atoms with Gasteiger partial charge in [0.05, 0.1) is 12.0 Å². The average Bonchev–Trinajstić information content (AvgIpc) is 3.44. The summed E-state index contributed by atoms with van der Waals surface area (Å²) in [5.41, 5.74) is 3.05. The number of carbonyl (C=O) groups excluding carboxylic acids is 3. The normalized spacial score (nSPS) is 20.3. The Balaban J connectivity index is 1.02. The van der Waals surface area contributed by atoms with Crippen LogP contribution in [0.3, 0.4) is 0 Å². The van der Waals surface area contributed by atoms with Crippen molar-refractivity contribution in [2.75, 3.05) is 35.2 Å². The highest BCUT2D eigenvalue weighted by molar-refractivity contribution is 6.06. The van der Waals surface area contributed by atoms with Crippen LogP contribution in [0.2, 0.25) is 0 Å². The number of nitrogens with zero attached hydrogens (tertiary/aromatic N) is 4. The van der Waals surface area contributed by atoms with Gasteiger partial charge in [0.1, 0.15) is 18.0 Å². The van der Waals surface area contributed by atoms with Gasteiger partial charge >= 0.3 is 0 Å². The molecule has 2 aliphatic heterocycles. The third-order valence-electron chi connectivity index (χ3n) is 7.64. The van der Waals surface area contributed by atoms with Crippen molar-refractivity contribution in [1.82, 2.24) is 20.3 Å². The fraction of sp³-hybridized carbons (Fsp3) is 0.333. The summed E-state index contributed by atoms with van der Waals surface area (Å²) in [5.74, 6) is 0.943. The van der Waals surface area contributed by atoms with Gasteiger partial charge in [0.15, 0.2) is 0 Å². The molecule has 37 heavy (non-hydrogen) atoms. The number of benzene rings is 1. The van der Waals surface area contributed by atoms with Crippen molar-refractivity contribution < 1.29 is 14.4 Å². The first-order valence-electron chi connectivity index (χ1n) is 12.5. The SMILES string of the molecule is O=C(CNC(=O)C1CCN(c2ccncn2)CC1)Nc1ccc2c(c1)CC1(C2)C(=O)Nc2ncccc21. The first kappa shape index (κ1) is 23.1. The molecule has 6 rings (SSSR count). The number of hydrogen-bond acceptors (Lipinski definition) is 7. The Morgan fingerprint density at radius 3 is 2.70 bits per heavy atom. The minimum absolute atomic E-state index is 0.0337. The molecule has 1 aliphatic carbocycles. The minimum atomic E-state index is -0.647. The zero-order valence-electron chi connectivity index (χ0n) is 20.2. The van der Waals surface area contributed by atoms with Crippen molar-refractivity contribution in [3.05, 3.63) is 71.8 Å². The van der Waals surface area contributed by atoms with Crippen LogP contribution in [-0.2, 0) is 32.6 Å². The summed E-state index contributed by atoms with van der Waals surface area (Å²) >= 11 is 0. The van der Waals surface area contributed by atoms with Crippen molar-refractivity contribution in [1.29, 1.82) is 0 Å². The highest BCUT2D eigenvalue weighted by Crippen LogP contribution is 2.46. The van der Waals surface area contributed by atoms with Crippen LogP contribution in [0.1, 0.15) is 29.5 Å². The molecule has 0 saturated carbocycles. The number of rotatable bonds is 5. The molecule has 1 atom stereocenters. The van der Waals surface area contributed by atoms with Crippen LogP contribution in [0.5, 0.6) is 0 Å². The van der Waals surface area contributed by atoms with E-state index in [-0.39, 0.29) is 30.2 Å². The average molecular weight is 498 g/mol. The minimum Gasteiger partial charge on any atom is -0.356 e. The van der Waals surface area contributed by atoms with Gasteiger partial charge in [0.25, 0.3) is 0 Å². The lowest BCUT2D eigenvalue weighted by Gasteiger charge is -2.31. The number of aromatic nitrogens is 3. The Bertz CT molecular complexity index is 1370. The topological polar surface area (TPSA) is 129 Å². The van der Waals surface area contributed by atoms with Gasteiger partial charge < -0.3 is 20.9 Å². The van der Waals surface area contributed by atoms with E-state index >= 15 is 0 Å². The Morgan fingerprint density at radius 1 is 1.05 bits per heavy atom. The summed E-state index contributed by atoms with van der Waals surface area (Å²) in [6.07, 6.45) is 7.48. The first-order valence-corrected chi connectivity index (χ1v) is 12.5. The van der Waals surface area contributed by atoms with Crippen LogP contribution >= 0.6 is 0 Å². The van der Waals surface area contributed by atoms with E-state index in [0.717, 1.165) is 35.6 Å².